The molecule has 1 spiro atoms. The Morgan fingerprint density at radius 3 is 2.81 bits per heavy atom. The SMILES string of the molecule is CS(=O)(=O)N1CC2(CCCN(Cc3cc(F)cnc3Oc3ccc(NCC4CC4)c(N=N)c3Br)C2)C1. The normalized spacial score (nSPS) is 20.2. The lowest BCUT2D eigenvalue weighted by Gasteiger charge is -2.53. The van der Waals surface area contributed by atoms with Crippen molar-refractivity contribution in [3.05, 3.63) is 40.2 Å². The van der Waals surface area contributed by atoms with E-state index in [-0.39, 0.29) is 11.3 Å². The first-order valence-corrected chi connectivity index (χ1v) is 14.7. The van der Waals surface area contributed by atoms with E-state index in [4.69, 9.17) is 10.3 Å². The lowest BCUT2D eigenvalue weighted by molar-refractivity contribution is -0.0126. The first-order valence-electron chi connectivity index (χ1n) is 12.1. The molecule has 1 aromatic carbocycles. The number of rotatable bonds is 9. The number of ether oxygens (including phenoxy) is 1. The van der Waals surface area contributed by atoms with E-state index >= 15 is 0 Å². The van der Waals surface area contributed by atoms with Crippen molar-refractivity contribution in [2.45, 2.75) is 32.2 Å². The minimum Gasteiger partial charge on any atom is -0.437 e. The molecule has 1 aromatic heterocycles. The summed E-state index contributed by atoms with van der Waals surface area (Å²) in [6.07, 6.45) is 6.74. The first kappa shape index (κ1) is 25.5. The number of hydrogen-bond acceptors (Lipinski definition) is 8. The van der Waals surface area contributed by atoms with Crippen LogP contribution in [-0.2, 0) is 16.6 Å². The van der Waals surface area contributed by atoms with Crippen LogP contribution in [0.1, 0.15) is 31.2 Å². The third-order valence-electron chi connectivity index (χ3n) is 7.20. The van der Waals surface area contributed by atoms with Crippen molar-refractivity contribution >= 4 is 37.3 Å². The fraction of sp³-hybridized carbons (Fsp3) is 0.542. The summed E-state index contributed by atoms with van der Waals surface area (Å²) < 4.78 is 46.1. The predicted octanol–water partition coefficient (Wildman–Crippen LogP) is 5.12. The number of hydrogen-bond donors (Lipinski definition) is 2. The Morgan fingerprint density at radius 2 is 2.11 bits per heavy atom. The molecule has 9 nitrogen and oxygen atoms in total. The van der Waals surface area contributed by atoms with Gasteiger partial charge < -0.3 is 10.1 Å². The standard InChI is InChI=1S/C24H30BrFN6O3S/c1-36(33,34)32-14-24(15-32)7-2-8-31(13-24)12-17-9-18(26)11-29-23(17)35-20-6-5-19(22(30-27)21(20)25)28-10-16-3-4-16/h5-6,9,11,16,27-28H,2-4,7-8,10,12-15H2,1H3. The number of aromatic nitrogens is 1. The van der Waals surface area contributed by atoms with Gasteiger partial charge in [0.2, 0.25) is 15.9 Å². The molecular weight excluding hydrogens is 551 g/mol. The second-order valence-corrected chi connectivity index (χ2v) is 13.1. The van der Waals surface area contributed by atoms with Crippen molar-refractivity contribution in [2.75, 3.05) is 44.3 Å². The Bertz CT molecular complexity index is 1270. The van der Waals surface area contributed by atoms with Crippen molar-refractivity contribution < 1.29 is 17.5 Å². The maximum absolute atomic E-state index is 14.2. The monoisotopic (exact) mass is 580 g/mol. The van der Waals surface area contributed by atoms with Crippen LogP contribution in [0.15, 0.2) is 34.0 Å². The molecule has 2 N–H and O–H groups in total. The van der Waals surface area contributed by atoms with Crippen LogP contribution in [0.25, 0.3) is 0 Å². The summed E-state index contributed by atoms with van der Waals surface area (Å²) in [6.45, 7) is 3.92. The lowest BCUT2D eigenvalue weighted by Crippen LogP contribution is -2.63. The van der Waals surface area contributed by atoms with Gasteiger partial charge in [0.25, 0.3) is 0 Å². The molecule has 0 radical (unpaired) electrons. The lowest BCUT2D eigenvalue weighted by atomic mass is 9.75. The van der Waals surface area contributed by atoms with E-state index in [0.717, 1.165) is 44.4 Å². The van der Waals surface area contributed by atoms with Crippen molar-refractivity contribution in [1.82, 2.24) is 14.2 Å². The summed E-state index contributed by atoms with van der Waals surface area (Å²) in [5, 5.41) is 7.03. The second-order valence-electron chi connectivity index (χ2n) is 10.3. The molecule has 0 bridgehead atoms. The van der Waals surface area contributed by atoms with E-state index < -0.39 is 15.8 Å². The van der Waals surface area contributed by atoms with Crippen LogP contribution >= 0.6 is 15.9 Å². The van der Waals surface area contributed by atoms with Crippen LogP contribution in [-0.4, -0.2) is 61.6 Å². The molecule has 0 unspecified atom stereocenters. The average Bonchev–Trinajstić information content (AvgIpc) is 3.63. The highest BCUT2D eigenvalue weighted by molar-refractivity contribution is 9.10. The summed E-state index contributed by atoms with van der Waals surface area (Å²) in [5.74, 6) is 0.957. The number of halogens is 2. The van der Waals surface area contributed by atoms with Crippen LogP contribution in [0.2, 0.25) is 0 Å². The van der Waals surface area contributed by atoms with Gasteiger partial charge in [-0.2, -0.15) is 5.11 Å². The Balaban J connectivity index is 1.32. The molecule has 2 aromatic rings. The number of nitrogens with one attached hydrogen (secondary N) is 2. The fourth-order valence-corrected chi connectivity index (χ4v) is 6.64. The molecular formula is C24H30BrFN6O3S. The van der Waals surface area contributed by atoms with E-state index in [1.54, 1.807) is 6.07 Å². The third kappa shape index (κ3) is 5.56. The molecule has 1 aliphatic carbocycles. The minimum atomic E-state index is -3.18. The Hall–Kier alpha value is -2.15. The van der Waals surface area contributed by atoms with Gasteiger partial charge in [-0.15, -0.1) is 0 Å². The molecule has 0 atom stereocenters. The van der Waals surface area contributed by atoms with Crippen molar-refractivity contribution in [3.8, 4) is 11.6 Å². The molecule has 3 heterocycles. The van der Waals surface area contributed by atoms with E-state index in [1.807, 2.05) is 6.07 Å². The minimum absolute atomic E-state index is 0.0556. The molecule has 12 heteroatoms. The molecule has 5 rings (SSSR count). The van der Waals surface area contributed by atoms with E-state index in [1.165, 1.54) is 29.5 Å². The number of benzene rings is 1. The Morgan fingerprint density at radius 1 is 1.33 bits per heavy atom. The van der Waals surface area contributed by atoms with Gasteiger partial charge in [-0.1, -0.05) is 0 Å². The van der Waals surface area contributed by atoms with Gasteiger partial charge in [0, 0.05) is 43.7 Å². The van der Waals surface area contributed by atoms with Gasteiger partial charge in [-0.3, -0.25) is 4.90 Å². The van der Waals surface area contributed by atoms with Crippen LogP contribution in [0.5, 0.6) is 11.6 Å². The highest BCUT2D eigenvalue weighted by Crippen LogP contribution is 2.44. The van der Waals surface area contributed by atoms with Crippen molar-refractivity contribution in [2.24, 2.45) is 16.4 Å². The number of anilines is 1. The molecule has 2 aliphatic heterocycles. The van der Waals surface area contributed by atoms with Crippen LogP contribution < -0.4 is 10.1 Å². The van der Waals surface area contributed by atoms with Crippen molar-refractivity contribution in [1.29, 1.82) is 5.53 Å². The topological polar surface area (TPSA) is 111 Å². The Kier molecular flexibility index (Phi) is 7.05. The van der Waals surface area contributed by atoms with Crippen LogP contribution in [0, 0.1) is 22.7 Å². The quantitative estimate of drug-likeness (QED) is 0.398. The molecule has 0 amide bonds. The summed E-state index contributed by atoms with van der Waals surface area (Å²) in [7, 11) is -3.18. The molecule has 3 aliphatic rings. The van der Waals surface area contributed by atoms with E-state index in [0.29, 0.717) is 47.0 Å². The number of likely N-dealkylation sites (tertiary alicyclic amines) is 1. The maximum Gasteiger partial charge on any atom is 0.223 e. The van der Waals surface area contributed by atoms with E-state index in [2.05, 4.69) is 36.2 Å². The molecule has 3 fully saturated rings. The number of sulfonamides is 1. The molecule has 1 saturated carbocycles. The predicted molar refractivity (Wildman–Crippen MR) is 138 cm³/mol. The van der Waals surface area contributed by atoms with Crippen molar-refractivity contribution in [3.63, 3.8) is 0 Å². The molecule has 194 valence electrons. The smallest absolute Gasteiger partial charge is 0.223 e. The number of piperidine rings is 1. The van der Waals surface area contributed by atoms with Gasteiger partial charge in [0.1, 0.15) is 17.3 Å². The molecule has 36 heavy (non-hydrogen) atoms. The van der Waals surface area contributed by atoms with Crippen LogP contribution in [0.3, 0.4) is 0 Å². The zero-order chi connectivity index (χ0) is 25.5. The highest BCUT2D eigenvalue weighted by Gasteiger charge is 2.48. The van der Waals surface area contributed by atoms with Crippen LogP contribution in [0.4, 0.5) is 15.8 Å². The summed E-state index contributed by atoms with van der Waals surface area (Å²) in [4.78, 5) is 6.43. The Labute approximate surface area is 219 Å². The van der Waals surface area contributed by atoms with Gasteiger partial charge in [0.15, 0.2) is 0 Å². The summed E-state index contributed by atoms with van der Waals surface area (Å²) in [6, 6.07) is 5.05. The first-order chi connectivity index (χ1) is 17.2. The fourth-order valence-electron chi connectivity index (χ4n) is 5.11. The van der Waals surface area contributed by atoms with Gasteiger partial charge in [-0.05, 0) is 72.3 Å². The van der Waals surface area contributed by atoms with Gasteiger partial charge in [0.05, 0.1) is 22.6 Å². The average molecular weight is 582 g/mol. The number of pyridine rings is 1. The van der Waals surface area contributed by atoms with Gasteiger partial charge in [-0.25, -0.2) is 27.6 Å². The van der Waals surface area contributed by atoms with E-state index in [9.17, 15) is 12.8 Å². The highest BCUT2D eigenvalue weighted by atomic mass is 79.9. The summed E-state index contributed by atoms with van der Waals surface area (Å²) in [5.41, 5.74) is 9.39. The molecule has 2 saturated heterocycles. The summed E-state index contributed by atoms with van der Waals surface area (Å²) >= 11 is 3.52. The third-order valence-corrected chi connectivity index (χ3v) is 9.16. The number of nitrogens with zero attached hydrogens (tertiary/aromatic N) is 4. The zero-order valence-corrected chi connectivity index (χ0v) is 22.5. The largest absolute Gasteiger partial charge is 0.437 e. The second kappa shape index (κ2) is 9.96. The zero-order valence-electron chi connectivity index (χ0n) is 20.1. The maximum atomic E-state index is 14.2. The van der Waals surface area contributed by atoms with Gasteiger partial charge >= 0.3 is 0 Å².